The van der Waals surface area contributed by atoms with Crippen LogP contribution in [0, 0.1) is 0 Å². The van der Waals surface area contributed by atoms with Gasteiger partial charge in [0.05, 0.1) is 31.6 Å². The lowest BCUT2D eigenvalue weighted by Gasteiger charge is -2.41. The molecule has 0 radical (unpaired) electrons. The molecule has 2 aliphatic rings. The van der Waals surface area contributed by atoms with Crippen LogP contribution in [0.15, 0.2) is 35.9 Å². The zero-order valence-electron chi connectivity index (χ0n) is 19.5. The first-order chi connectivity index (χ1) is 16.0. The number of amides is 2. The monoisotopic (exact) mass is 460 g/mol. The quantitative estimate of drug-likeness (QED) is 0.410. The van der Waals surface area contributed by atoms with E-state index >= 15 is 0 Å². The number of fused-ring (bicyclic) bond motifs is 3. The molecule has 33 heavy (non-hydrogen) atoms. The molecule has 0 saturated heterocycles. The number of methoxy groups -OCH3 is 1. The highest BCUT2D eigenvalue weighted by atomic mass is 16.5. The van der Waals surface area contributed by atoms with Crippen molar-refractivity contribution in [1.29, 1.82) is 0 Å². The smallest absolute Gasteiger partial charge is 0.247 e. The summed E-state index contributed by atoms with van der Waals surface area (Å²) in [5.74, 6) is -0.264. The predicted octanol–water partition coefficient (Wildman–Crippen LogP) is 1.75. The Balaban J connectivity index is 1.95. The van der Waals surface area contributed by atoms with Gasteiger partial charge in [-0.25, -0.2) is 0 Å². The highest BCUT2D eigenvalue weighted by Crippen LogP contribution is 2.47. The summed E-state index contributed by atoms with van der Waals surface area (Å²) in [6.07, 6.45) is 4.18. The largest absolute Gasteiger partial charge is 0.486 e. The van der Waals surface area contributed by atoms with E-state index in [1.54, 1.807) is 18.1 Å². The third-order valence-electron chi connectivity index (χ3n) is 6.33. The van der Waals surface area contributed by atoms with Crippen LogP contribution in [0.1, 0.15) is 50.5 Å². The summed E-state index contributed by atoms with van der Waals surface area (Å²) >= 11 is 0. The molecular weight excluding hydrogens is 424 g/mol. The average Bonchev–Trinajstić information content (AvgIpc) is 3.22. The predicted molar refractivity (Wildman–Crippen MR) is 124 cm³/mol. The van der Waals surface area contributed by atoms with Crippen molar-refractivity contribution >= 4 is 11.8 Å². The van der Waals surface area contributed by atoms with Crippen LogP contribution < -0.4 is 10.1 Å². The number of hydrogen-bond acceptors (Lipinski definition) is 6. The Kier molecular flexibility index (Phi) is 9.29. The van der Waals surface area contributed by atoms with Crippen molar-refractivity contribution in [2.45, 2.75) is 63.2 Å². The Labute approximate surface area is 195 Å². The van der Waals surface area contributed by atoms with Gasteiger partial charge in [0.15, 0.2) is 0 Å². The number of ether oxygens (including phenoxy) is 2. The Morgan fingerprint density at radius 1 is 1.21 bits per heavy atom. The topological polar surface area (TPSA) is 108 Å². The molecule has 3 N–H and O–H groups in total. The van der Waals surface area contributed by atoms with Crippen LogP contribution in [0.3, 0.4) is 0 Å². The fourth-order valence-corrected chi connectivity index (χ4v) is 4.67. The Bertz CT molecular complexity index is 842. The van der Waals surface area contributed by atoms with E-state index in [1.165, 1.54) is 0 Å². The molecule has 182 valence electrons. The van der Waals surface area contributed by atoms with Crippen molar-refractivity contribution in [3.8, 4) is 5.75 Å². The lowest BCUT2D eigenvalue weighted by molar-refractivity contribution is -0.138. The van der Waals surface area contributed by atoms with E-state index in [9.17, 15) is 19.8 Å². The van der Waals surface area contributed by atoms with Crippen molar-refractivity contribution in [3.63, 3.8) is 0 Å². The maximum atomic E-state index is 13.1. The number of para-hydroxylation sites is 1. The number of hydrogen-bond donors (Lipinski definition) is 3. The van der Waals surface area contributed by atoms with E-state index in [2.05, 4.69) is 12.2 Å². The fraction of sp³-hybridized carbons (Fsp3) is 0.600. The van der Waals surface area contributed by atoms with Crippen LogP contribution in [-0.2, 0) is 14.3 Å². The van der Waals surface area contributed by atoms with Gasteiger partial charge >= 0.3 is 0 Å². The highest BCUT2D eigenvalue weighted by Gasteiger charge is 2.50. The van der Waals surface area contributed by atoms with Crippen molar-refractivity contribution in [2.75, 3.05) is 33.4 Å². The first-order valence-corrected chi connectivity index (χ1v) is 11.9. The lowest BCUT2D eigenvalue weighted by Crippen LogP contribution is -2.56. The number of aliphatic hydroxyl groups is 2. The number of unbranched alkanes of at least 4 members (excludes halogenated alkanes) is 3. The SMILES string of the molecule is CCCCCCN(C(=O)CCOC)C1C=C(C(=O)NCCO)C2c3ccccc3OC2C1O. The molecule has 1 aliphatic carbocycles. The maximum Gasteiger partial charge on any atom is 0.247 e. The average molecular weight is 461 g/mol. The zero-order chi connectivity index (χ0) is 23.8. The van der Waals surface area contributed by atoms with Crippen molar-refractivity contribution in [2.24, 2.45) is 0 Å². The molecule has 0 saturated carbocycles. The lowest BCUT2D eigenvalue weighted by atomic mass is 9.77. The van der Waals surface area contributed by atoms with Crippen LogP contribution in [0.2, 0.25) is 0 Å². The second-order valence-electron chi connectivity index (χ2n) is 8.57. The summed E-state index contributed by atoms with van der Waals surface area (Å²) in [5, 5.41) is 23.3. The number of benzene rings is 1. The van der Waals surface area contributed by atoms with Crippen molar-refractivity contribution in [3.05, 3.63) is 41.5 Å². The molecule has 0 bridgehead atoms. The molecule has 0 spiro atoms. The van der Waals surface area contributed by atoms with Crippen molar-refractivity contribution < 1.29 is 29.3 Å². The van der Waals surface area contributed by atoms with Crippen molar-refractivity contribution in [1.82, 2.24) is 10.2 Å². The van der Waals surface area contributed by atoms with Gasteiger partial charge in [-0.2, -0.15) is 0 Å². The van der Waals surface area contributed by atoms with Gasteiger partial charge in [-0.15, -0.1) is 0 Å². The molecule has 8 nitrogen and oxygen atoms in total. The Morgan fingerprint density at radius 3 is 2.73 bits per heavy atom. The maximum absolute atomic E-state index is 13.1. The van der Waals surface area contributed by atoms with E-state index in [4.69, 9.17) is 9.47 Å². The highest BCUT2D eigenvalue weighted by molar-refractivity contribution is 5.96. The normalized spacial score (nSPS) is 23.2. The molecule has 0 fully saturated rings. The van der Waals surface area contributed by atoms with E-state index in [1.807, 2.05) is 24.3 Å². The van der Waals surface area contributed by atoms with Gasteiger partial charge in [0, 0.05) is 31.3 Å². The summed E-state index contributed by atoms with van der Waals surface area (Å²) in [7, 11) is 1.55. The van der Waals surface area contributed by atoms with E-state index in [0.29, 0.717) is 17.9 Å². The third kappa shape index (κ3) is 5.75. The summed E-state index contributed by atoms with van der Waals surface area (Å²) in [6.45, 7) is 2.84. The third-order valence-corrected chi connectivity index (χ3v) is 6.33. The minimum atomic E-state index is -0.991. The molecule has 1 aromatic carbocycles. The van der Waals surface area contributed by atoms with E-state index in [-0.39, 0.29) is 38.0 Å². The number of rotatable bonds is 12. The van der Waals surface area contributed by atoms with Crippen LogP contribution >= 0.6 is 0 Å². The van der Waals surface area contributed by atoms with E-state index in [0.717, 1.165) is 31.2 Å². The minimum Gasteiger partial charge on any atom is -0.486 e. The molecule has 8 heteroatoms. The molecule has 1 aliphatic heterocycles. The first-order valence-electron chi connectivity index (χ1n) is 11.9. The van der Waals surface area contributed by atoms with E-state index < -0.39 is 24.2 Å². The summed E-state index contributed by atoms with van der Waals surface area (Å²) in [6, 6.07) is 6.75. The number of nitrogens with zero attached hydrogens (tertiary/aromatic N) is 1. The molecule has 1 heterocycles. The molecule has 4 atom stereocenters. The van der Waals surface area contributed by atoms with Gasteiger partial charge in [0.2, 0.25) is 11.8 Å². The number of carbonyl (C=O) groups excluding carboxylic acids is 2. The molecule has 3 rings (SSSR count). The molecular formula is C25H36N2O6. The van der Waals surface area contributed by atoms with Crippen LogP contribution in [0.4, 0.5) is 0 Å². The summed E-state index contributed by atoms with van der Waals surface area (Å²) < 4.78 is 11.2. The standard InChI is InChI=1S/C25H36N2O6/c1-3-4-5-8-13-27(21(29)11-15-32-2)19-16-18(25(31)26-12-14-28)22-17-9-6-7-10-20(17)33-24(22)23(19)30/h6-7,9-10,16,19,22-24,28,30H,3-5,8,11-15H2,1-2H3,(H,26,31). The molecule has 1 aromatic rings. The van der Waals surface area contributed by atoms with Crippen LogP contribution in [0.5, 0.6) is 5.75 Å². The van der Waals surface area contributed by atoms with Gasteiger partial charge in [-0.3, -0.25) is 9.59 Å². The van der Waals surface area contributed by atoms with Gasteiger partial charge in [0.25, 0.3) is 0 Å². The van der Waals surface area contributed by atoms with Crippen LogP contribution in [-0.4, -0.2) is 78.6 Å². The number of aliphatic hydroxyl groups excluding tert-OH is 2. The zero-order valence-corrected chi connectivity index (χ0v) is 19.5. The van der Waals surface area contributed by atoms with Gasteiger partial charge in [0.1, 0.15) is 18.0 Å². The summed E-state index contributed by atoms with van der Waals surface area (Å²) in [5.41, 5.74) is 1.29. The summed E-state index contributed by atoms with van der Waals surface area (Å²) in [4.78, 5) is 27.8. The molecule has 2 amide bonds. The Morgan fingerprint density at radius 2 is 2.00 bits per heavy atom. The fourth-order valence-electron chi connectivity index (χ4n) is 4.67. The second kappa shape index (κ2) is 12.2. The first kappa shape index (κ1) is 25.2. The number of carbonyl (C=O) groups is 2. The molecule has 4 unspecified atom stereocenters. The second-order valence-corrected chi connectivity index (χ2v) is 8.57. The minimum absolute atomic E-state index is 0.122. The van der Waals surface area contributed by atoms with Gasteiger partial charge in [-0.05, 0) is 18.6 Å². The van der Waals surface area contributed by atoms with Crippen LogP contribution in [0.25, 0.3) is 0 Å². The Hall–Kier alpha value is -2.42. The molecule has 0 aromatic heterocycles. The van der Waals surface area contributed by atoms with Gasteiger partial charge < -0.3 is 29.9 Å². The van der Waals surface area contributed by atoms with Gasteiger partial charge in [-0.1, -0.05) is 44.4 Å². The number of nitrogens with one attached hydrogen (secondary N) is 1.